The Kier molecular flexibility index (Phi) is 9.72. The lowest BCUT2D eigenvalue weighted by Gasteiger charge is -2.25. The summed E-state index contributed by atoms with van der Waals surface area (Å²) in [5.41, 5.74) is 0.919. The molecule has 3 rings (SSSR count). The number of aromatic nitrogens is 1. The van der Waals surface area contributed by atoms with Gasteiger partial charge in [-0.3, -0.25) is 19.2 Å². The fourth-order valence-electron chi connectivity index (χ4n) is 3.85. The highest BCUT2D eigenvalue weighted by atomic mass is 16.6. The van der Waals surface area contributed by atoms with Crippen molar-refractivity contribution in [1.82, 2.24) is 21.1 Å². The molecule has 206 valence electrons. The second kappa shape index (κ2) is 12.8. The maximum Gasteiger partial charge on any atom is 0.274 e. The average Bonchev–Trinajstić information content (AvgIpc) is 3.47. The first kappa shape index (κ1) is 29.0. The minimum Gasteiger partial charge on any atom is -0.382 e. The van der Waals surface area contributed by atoms with Crippen LogP contribution >= 0.6 is 0 Å². The lowest BCUT2D eigenvalue weighted by Crippen LogP contribution is -2.59. The van der Waals surface area contributed by atoms with Gasteiger partial charge in [0.2, 0.25) is 11.8 Å². The molecule has 3 N–H and O–H groups in total. The molecule has 1 aromatic heterocycles. The fourth-order valence-corrected chi connectivity index (χ4v) is 3.85. The third kappa shape index (κ3) is 7.70. The van der Waals surface area contributed by atoms with Crippen LogP contribution in [0.15, 0.2) is 34.9 Å². The monoisotopic (exact) mass is 530 g/mol. The first-order chi connectivity index (χ1) is 18.1. The molecule has 1 aliphatic rings. The third-order valence-corrected chi connectivity index (χ3v) is 6.04. The second-order valence-corrected chi connectivity index (χ2v) is 9.46. The summed E-state index contributed by atoms with van der Waals surface area (Å²) in [5.74, 6) is -1.78. The molecule has 0 spiro atoms. The minimum atomic E-state index is -1.15. The van der Waals surface area contributed by atoms with E-state index in [1.165, 1.54) is 20.3 Å². The summed E-state index contributed by atoms with van der Waals surface area (Å²) in [6, 6.07) is 5.86. The van der Waals surface area contributed by atoms with E-state index in [0.717, 1.165) is 11.1 Å². The molecule has 2 aromatic rings. The number of benzene rings is 1. The molecule has 4 atom stereocenters. The van der Waals surface area contributed by atoms with Gasteiger partial charge in [-0.25, -0.2) is 0 Å². The number of ketones is 1. The lowest BCUT2D eigenvalue weighted by molar-refractivity contribution is -0.134. The number of nitrogens with one attached hydrogen (secondary N) is 3. The molecule has 1 saturated heterocycles. The molecule has 1 fully saturated rings. The molecule has 0 saturated carbocycles. The molecule has 38 heavy (non-hydrogen) atoms. The van der Waals surface area contributed by atoms with Crippen molar-refractivity contribution in [3.63, 3.8) is 0 Å². The van der Waals surface area contributed by atoms with Crippen molar-refractivity contribution in [2.45, 2.75) is 50.9 Å². The standard InChI is InChI=1S/C26H34N4O8/c1-15-7-6-8-17(9-15)11-18(22(31)26(3)14-37-26)27-24(33)20(12-35-4)29-25(34)21(13-36-5)28-23(32)19-10-16(2)38-30-19/h6-10,18,20-21H,11-14H2,1-5H3,(H,27,33)(H,28,32)(H,29,34)/t18?,20-,21?,26+/m0/s1. The van der Waals surface area contributed by atoms with E-state index in [2.05, 4.69) is 21.1 Å². The summed E-state index contributed by atoms with van der Waals surface area (Å²) in [6.45, 7) is 5.17. The third-order valence-electron chi connectivity index (χ3n) is 6.04. The van der Waals surface area contributed by atoms with Gasteiger partial charge in [0.25, 0.3) is 5.91 Å². The summed E-state index contributed by atoms with van der Waals surface area (Å²) < 4.78 is 20.5. The summed E-state index contributed by atoms with van der Waals surface area (Å²) in [5, 5.41) is 11.5. The normalized spacial score (nSPS) is 18.7. The van der Waals surface area contributed by atoms with E-state index in [1.807, 2.05) is 31.2 Å². The zero-order valence-electron chi connectivity index (χ0n) is 22.2. The molecule has 2 heterocycles. The van der Waals surface area contributed by atoms with Crippen LogP contribution in [0.3, 0.4) is 0 Å². The van der Waals surface area contributed by atoms with Gasteiger partial charge in [0.1, 0.15) is 23.4 Å². The van der Waals surface area contributed by atoms with E-state index < -0.39 is 41.4 Å². The number of hydrogen-bond acceptors (Lipinski definition) is 9. The molecule has 1 aromatic carbocycles. The largest absolute Gasteiger partial charge is 0.382 e. The Morgan fingerprint density at radius 2 is 1.58 bits per heavy atom. The molecule has 3 amide bonds. The number of hydrogen-bond donors (Lipinski definition) is 3. The Morgan fingerprint density at radius 3 is 2.11 bits per heavy atom. The Balaban J connectivity index is 1.72. The first-order valence-corrected chi connectivity index (χ1v) is 12.1. The first-order valence-electron chi connectivity index (χ1n) is 12.1. The van der Waals surface area contributed by atoms with Crippen molar-refractivity contribution in [3.8, 4) is 0 Å². The highest BCUT2D eigenvalue weighted by molar-refractivity contribution is 5.99. The van der Waals surface area contributed by atoms with Gasteiger partial charge in [0.15, 0.2) is 11.5 Å². The number of amides is 3. The summed E-state index contributed by atoms with van der Waals surface area (Å²) in [4.78, 5) is 52.0. The van der Waals surface area contributed by atoms with Crippen LogP contribution in [0.1, 0.15) is 34.3 Å². The molecule has 0 bridgehead atoms. The van der Waals surface area contributed by atoms with E-state index in [4.69, 9.17) is 18.7 Å². The smallest absolute Gasteiger partial charge is 0.274 e. The quantitative estimate of drug-likeness (QED) is 0.291. The zero-order chi connectivity index (χ0) is 27.9. The molecule has 12 heteroatoms. The van der Waals surface area contributed by atoms with Gasteiger partial charge < -0.3 is 34.7 Å². The number of ether oxygens (including phenoxy) is 3. The number of carbonyl (C=O) groups is 4. The number of carbonyl (C=O) groups excluding carboxylic acids is 4. The molecule has 1 aliphatic heterocycles. The van der Waals surface area contributed by atoms with Gasteiger partial charge >= 0.3 is 0 Å². The Morgan fingerprint density at radius 1 is 0.974 bits per heavy atom. The van der Waals surface area contributed by atoms with Crippen LogP contribution in [0.5, 0.6) is 0 Å². The number of methoxy groups -OCH3 is 2. The van der Waals surface area contributed by atoms with Crippen molar-refractivity contribution in [3.05, 3.63) is 52.9 Å². The Hall–Kier alpha value is -3.61. The van der Waals surface area contributed by atoms with Gasteiger partial charge in [-0.1, -0.05) is 35.0 Å². The van der Waals surface area contributed by atoms with E-state index in [-0.39, 0.29) is 37.7 Å². The van der Waals surface area contributed by atoms with Crippen LogP contribution in [0.25, 0.3) is 0 Å². The molecule has 0 aliphatic carbocycles. The van der Waals surface area contributed by atoms with E-state index in [1.54, 1.807) is 13.8 Å². The van der Waals surface area contributed by atoms with Gasteiger partial charge in [-0.2, -0.15) is 0 Å². The number of rotatable bonds is 14. The molecule has 2 unspecified atom stereocenters. The van der Waals surface area contributed by atoms with E-state index in [0.29, 0.717) is 5.76 Å². The van der Waals surface area contributed by atoms with Gasteiger partial charge in [-0.15, -0.1) is 0 Å². The van der Waals surface area contributed by atoms with Crippen molar-refractivity contribution in [2.24, 2.45) is 0 Å². The Labute approximate surface area is 220 Å². The number of epoxide rings is 1. The maximum absolute atomic E-state index is 13.3. The highest BCUT2D eigenvalue weighted by Crippen LogP contribution is 2.29. The molecule has 0 radical (unpaired) electrons. The summed E-state index contributed by atoms with van der Waals surface area (Å²) in [7, 11) is 2.75. The van der Waals surface area contributed by atoms with Crippen molar-refractivity contribution < 1.29 is 37.9 Å². The topological polar surface area (TPSA) is 161 Å². The maximum atomic E-state index is 13.3. The summed E-state index contributed by atoms with van der Waals surface area (Å²) in [6.07, 6.45) is 0.248. The van der Waals surface area contributed by atoms with Gasteiger partial charge in [0.05, 0.1) is 25.9 Å². The summed E-state index contributed by atoms with van der Waals surface area (Å²) >= 11 is 0. The van der Waals surface area contributed by atoms with Crippen LogP contribution in [0, 0.1) is 13.8 Å². The van der Waals surface area contributed by atoms with Crippen LogP contribution in [-0.2, 0) is 35.0 Å². The van der Waals surface area contributed by atoms with Crippen LogP contribution in [-0.4, -0.2) is 86.4 Å². The predicted molar refractivity (Wildman–Crippen MR) is 134 cm³/mol. The molecular formula is C26H34N4O8. The van der Waals surface area contributed by atoms with Crippen molar-refractivity contribution in [1.29, 1.82) is 0 Å². The zero-order valence-corrected chi connectivity index (χ0v) is 22.2. The predicted octanol–water partition coefficient (Wildman–Crippen LogP) is 0.253. The SMILES string of the molecule is COCC(NC(=O)c1cc(C)on1)C(=O)N[C@@H](COC)C(=O)NC(Cc1cccc(C)c1)C(=O)[C@@]1(C)CO1. The average molecular weight is 531 g/mol. The molecule has 12 nitrogen and oxygen atoms in total. The van der Waals surface area contributed by atoms with Crippen LogP contribution < -0.4 is 16.0 Å². The van der Waals surface area contributed by atoms with E-state index in [9.17, 15) is 19.2 Å². The lowest BCUT2D eigenvalue weighted by atomic mass is 9.94. The second-order valence-electron chi connectivity index (χ2n) is 9.46. The highest BCUT2D eigenvalue weighted by Gasteiger charge is 2.50. The molecular weight excluding hydrogens is 496 g/mol. The Bertz CT molecular complexity index is 1160. The van der Waals surface area contributed by atoms with Crippen molar-refractivity contribution in [2.75, 3.05) is 34.0 Å². The van der Waals surface area contributed by atoms with Gasteiger partial charge in [-0.05, 0) is 32.8 Å². The number of nitrogens with zero attached hydrogens (tertiary/aromatic N) is 1. The number of Topliss-reactive ketones (excluding diaryl/α,β-unsaturated/α-hetero) is 1. The fraction of sp³-hybridized carbons (Fsp3) is 0.500. The van der Waals surface area contributed by atoms with E-state index >= 15 is 0 Å². The van der Waals surface area contributed by atoms with Crippen LogP contribution in [0.4, 0.5) is 0 Å². The van der Waals surface area contributed by atoms with Crippen LogP contribution in [0.2, 0.25) is 0 Å². The van der Waals surface area contributed by atoms with Gasteiger partial charge in [0, 0.05) is 20.3 Å². The minimum absolute atomic E-state index is 0.00381. The number of aryl methyl sites for hydroxylation is 2. The van der Waals surface area contributed by atoms with Crippen molar-refractivity contribution >= 4 is 23.5 Å².